The lowest BCUT2D eigenvalue weighted by Gasteiger charge is -2.26. The van der Waals surface area contributed by atoms with E-state index < -0.39 is 0 Å². The number of aromatic nitrogens is 3. The van der Waals surface area contributed by atoms with Gasteiger partial charge in [0.25, 0.3) is 0 Å². The molecule has 1 atom stereocenters. The van der Waals surface area contributed by atoms with Crippen molar-refractivity contribution < 1.29 is 4.79 Å². The molecule has 0 radical (unpaired) electrons. The number of para-hydroxylation sites is 2. The Morgan fingerprint density at radius 1 is 1.07 bits per heavy atom. The van der Waals surface area contributed by atoms with Crippen LogP contribution >= 0.6 is 0 Å². The van der Waals surface area contributed by atoms with Gasteiger partial charge in [0.05, 0.1) is 11.4 Å². The van der Waals surface area contributed by atoms with Gasteiger partial charge in [0, 0.05) is 18.4 Å². The predicted molar refractivity (Wildman–Crippen MR) is 113 cm³/mol. The van der Waals surface area contributed by atoms with Crippen molar-refractivity contribution >= 4 is 40.7 Å². The molecule has 0 saturated carbocycles. The van der Waals surface area contributed by atoms with Gasteiger partial charge in [-0.05, 0) is 43.3 Å². The molecule has 10 nitrogen and oxygen atoms in total. The van der Waals surface area contributed by atoms with Crippen molar-refractivity contribution in [2.24, 2.45) is 0 Å². The van der Waals surface area contributed by atoms with E-state index in [-0.39, 0.29) is 18.3 Å². The highest BCUT2D eigenvalue weighted by Crippen LogP contribution is 2.38. The number of hydrogen-bond donors (Lipinski definition) is 5. The Kier molecular flexibility index (Phi) is 4.73. The van der Waals surface area contributed by atoms with Crippen molar-refractivity contribution in [3.05, 3.63) is 54.4 Å². The number of benzene rings is 2. The van der Waals surface area contributed by atoms with Gasteiger partial charge in [0.2, 0.25) is 11.9 Å². The van der Waals surface area contributed by atoms with Gasteiger partial charge in [0.15, 0.2) is 6.29 Å². The summed E-state index contributed by atoms with van der Waals surface area (Å²) >= 11 is 0. The number of fused-ring (bicyclic) bond motifs is 1. The number of urea groups is 1. The fourth-order valence-corrected chi connectivity index (χ4v) is 3.08. The number of rotatable bonds is 4. The molecule has 1 unspecified atom stereocenters. The number of carbonyl (C=O) groups excluding carboxylic acids is 1. The Balaban J connectivity index is 1.61. The number of nitrogens with one attached hydrogen (secondary N) is 4. The number of nitrogen functional groups attached to an aromatic ring is 1. The molecule has 29 heavy (non-hydrogen) atoms. The standard InChI is InChI=1S/C19H21N9O/c1-11-22-16(20)27-17(23-11)28-15-6-4-3-5-14(15)26-18(28)24-12-7-9-13(10-8-12)25-19(29)21-2/h3-10,18,24,26H,1-2H3,(H2,21,25,29)(H2,20,22,23,27). The van der Waals surface area contributed by atoms with E-state index in [0.29, 0.717) is 17.5 Å². The summed E-state index contributed by atoms with van der Waals surface area (Å²) in [7, 11) is 1.57. The van der Waals surface area contributed by atoms with Gasteiger partial charge >= 0.3 is 6.03 Å². The van der Waals surface area contributed by atoms with Crippen molar-refractivity contribution in [3.8, 4) is 0 Å². The molecule has 1 aromatic heterocycles. The van der Waals surface area contributed by atoms with Crippen molar-refractivity contribution in [2.75, 3.05) is 33.6 Å². The average molecular weight is 391 g/mol. The van der Waals surface area contributed by atoms with Crippen LogP contribution < -0.4 is 31.9 Å². The molecule has 2 aromatic carbocycles. The summed E-state index contributed by atoms with van der Waals surface area (Å²) in [6.45, 7) is 1.78. The Morgan fingerprint density at radius 3 is 2.52 bits per heavy atom. The molecule has 148 valence electrons. The second kappa shape index (κ2) is 7.50. The smallest absolute Gasteiger partial charge is 0.318 e. The molecule has 1 aliphatic heterocycles. The Morgan fingerprint density at radius 2 is 1.79 bits per heavy atom. The fraction of sp³-hybridized carbons (Fsp3) is 0.158. The minimum atomic E-state index is -0.341. The van der Waals surface area contributed by atoms with Gasteiger partial charge in [-0.15, -0.1) is 0 Å². The summed E-state index contributed by atoms with van der Waals surface area (Å²) in [5, 5.41) is 12.1. The van der Waals surface area contributed by atoms with Crippen molar-refractivity contribution in [2.45, 2.75) is 13.2 Å². The van der Waals surface area contributed by atoms with Crippen LogP contribution in [-0.2, 0) is 0 Å². The van der Waals surface area contributed by atoms with Crippen LogP contribution in [-0.4, -0.2) is 34.3 Å². The highest BCUT2D eigenvalue weighted by molar-refractivity contribution is 5.89. The van der Waals surface area contributed by atoms with Crippen LogP contribution in [0, 0.1) is 6.92 Å². The van der Waals surface area contributed by atoms with Gasteiger partial charge in [-0.25, -0.2) is 4.79 Å². The molecule has 3 aromatic rings. The molecule has 6 N–H and O–H groups in total. The maximum Gasteiger partial charge on any atom is 0.318 e. The molecule has 0 spiro atoms. The minimum Gasteiger partial charge on any atom is -0.368 e. The Hall–Kier alpha value is -4.08. The lowest BCUT2D eigenvalue weighted by atomic mass is 10.2. The van der Waals surface area contributed by atoms with Crippen molar-refractivity contribution in [1.29, 1.82) is 0 Å². The number of hydrogen-bond acceptors (Lipinski definition) is 8. The summed E-state index contributed by atoms with van der Waals surface area (Å²) in [6, 6.07) is 15.0. The Bertz CT molecular complexity index is 1020. The number of nitrogens with two attached hydrogens (primary N) is 1. The zero-order valence-corrected chi connectivity index (χ0v) is 16.0. The Labute approximate surface area is 167 Å². The van der Waals surface area contributed by atoms with Crippen molar-refractivity contribution in [1.82, 2.24) is 20.3 Å². The van der Waals surface area contributed by atoms with Crippen LogP contribution in [0.4, 0.5) is 39.4 Å². The van der Waals surface area contributed by atoms with Crippen LogP contribution in [0.15, 0.2) is 48.5 Å². The molecule has 4 rings (SSSR count). The summed E-state index contributed by atoms with van der Waals surface area (Å²) in [5.74, 6) is 1.16. The van der Waals surface area contributed by atoms with E-state index in [1.54, 1.807) is 14.0 Å². The second-order valence-electron chi connectivity index (χ2n) is 6.40. The molecule has 10 heteroatoms. The van der Waals surface area contributed by atoms with Crippen LogP contribution in [0.3, 0.4) is 0 Å². The third kappa shape index (κ3) is 3.81. The maximum atomic E-state index is 11.4. The van der Waals surface area contributed by atoms with Crippen LogP contribution in [0.2, 0.25) is 0 Å². The van der Waals surface area contributed by atoms with E-state index in [9.17, 15) is 4.79 Å². The number of aryl methyl sites for hydroxylation is 1. The van der Waals surface area contributed by atoms with E-state index in [1.807, 2.05) is 53.4 Å². The second-order valence-corrected chi connectivity index (χ2v) is 6.40. The average Bonchev–Trinajstić information content (AvgIpc) is 3.06. The largest absolute Gasteiger partial charge is 0.368 e. The van der Waals surface area contributed by atoms with Crippen LogP contribution in [0.5, 0.6) is 0 Å². The molecular formula is C19H21N9O. The SMILES string of the molecule is CNC(=O)Nc1ccc(NC2Nc3ccccc3N2c2nc(C)nc(N)n2)cc1. The number of amides is 2. The third-order valence-electron chi connectivity index (χ3n) is 4.36. The molecular weight excluding hydrogens is 370 g/mol. The van der Waals surface area contributed by atoms with E-state index in [4.69, 9.17) is 5.73 Å². The fourth-order valence-electron chi connectivity index (χ4n) is 3.08. The topological polar surface area (TPSA) is 133 Å². The normalized spacial score (nSPS) is 14.7. The highest BCUT2D eigenvalue weighted by atomic mass is 16.2. The zero-order chi connectivity index (χ0) is 20.4. The van der Waals surface area contributed by atoms with Crippen molar-refractivity contribution in [3.63, 3.8) is 0 Å². The summed E-state index contributed by atoms with van der Waals surface area (Å²) < 4.78 is 0. The van der Waals surface area contributed by atoms with Gasteiger partial charge in [0.1, 0.15) is 5.82 Å². The summed E-state index contributed by atoms with van der Waals surface area (Å²) in [6.07, 6.45) is -0.341. The summed E-state index contributed by atoms with van der Waals surface area (Å²) in [5.41, 5.74) is 9.25. The van der Waals surface area contributed by atoms with Gasteiger partial charge < -0.3 is 27.0 Å². The summed E-state index contributed by atoms with van der Waals surface area (Å²) in [4.78, 5) is 26.2. The van der Waals surface area contributed by atoms with Crippen LogP contribution in [0.25, 0.3) is 0 Å². The number of anilines is 6. The minimum absolute atomic E-state index is 0.167. The lowest BCUT2D eigenvalue weighted by molar-refractivity contribution is 0.254. The van der Waals surface area contributed by atoms with E-state index in [0.717, 1.165) is 17.1 Å². The quantitative estimate of drug-likeness (QED) is 0.458. The monoisotopic (exact) mass is 391 g/mol. The molecule has 0 aliphatic carbocycles. The molecule has 0 saturated heterocycles. The van der Waals surface area contributed by atoms with E-state index in [2.05, 4.69) is 36.2 Å². The van der Waals surface area contributed by atoms with Gasteiger partial charge in [-0.2, -0.15) is 15.0 Å². The van der Waals surface area contributed by atoms with E-state index in [1.165, 1.54) is 0 Å². The molecule has 2 heterocycles. The first-order valence-corrected chi connectivity index (χ1v) is 9.02. The maximum absolute atomic E-state index is 11.4. The lowest BCUT2D eigenvalue weighted by Crippen LogP contribution is -2.40. The zero-order valence-electron chi connectivity index (χ0n) is 16.0. The first-order chi connectivity index (χ1) is 14.0. The van der Waals surface area contributed by atoms with Gasteiger partial charge in [-0.1, -0.05) is 12.1 Å². The third-order valence-corrected chi connectivity index (χ3v) is 4.36. The number of carbonyl (C=O) groups is 1. The van der Waals surface area contributed by atoms with Gasteiger partial charge in [-0.3, -0.25) is 4.90 Å². The molecule has 1 aliphatic rings. The highest BCUT2D eigenvalue weighted by Gasteiger charge is 2.32. The number of nitrogens with zero attached hydrogens (tertiary/aromatic N) is 4. The first-order valence-electron chi connectivity index (χ1n) is 9.02. The predicted octanol–water partition coefficient (Wildman–Crippen LogP) is 2.47. The van der Waals surface area contributed by atoms with Crippen LogP contribution in [0.1, 0.15) is 5.82 Å². The molecule has 0 bridgehead atoms. The first kappa shape index (κ1) is 18.3. The molecule has 0 fully saturated rings. The molecule has 2 amide bonds. The van der Waals surface area contributed by atoms with E-state index >= 15 is 0 Å².